The molecule has 3 aromatic rings. The number of aliphatic hydroxyl groups excluding tert-OH is 1. The van der Waals surface area contributed by atoms with Gasteiger partial charge in [-0.25, -0.2) is 4.39 Å². The molecule has 0 radical (unpaired) electrons. The van der Waals surface area contributed by atoms with Crippen molar-refractivity contribution in [1.29, 1.82) is 0 Å². The summed E-state index contributed by atoms with van der Waals surface area (Å²) in [6.07, 6.45) is -4.73. The van der Waals surface area contributed by atoms with Crippen LogP contribution in [0.25, 0.3) is 5.76 Å². The lowest BCUT2D eigenvalue weighted by Gasteiger charge is -2.26. The number of aliphatic hydroxyl groups is 1. The standard InChI is InChI=1S/C28H23F4NO5/c1-3-37-18-12-13-20(22(15-18)38-4-2)25(34)23-24(19-10-5-6-11-21(19)29)33(27(36)26(23)35)17-9-7-8-16(14-17)28(30,31)32/h5-15,24,34H,3-4H2,1-2H3/b25-23+. The molecular formula is C28H23F4NO5. The number of carbonyl (C=O) groups excluding carboxylic acids is 2. The third-order valence-electron chi connectivity index (χ3n) is 5.91. The summed E-state index contributed by atoms with van der Waals surface area (Å²) in [4.78, 5) is 27.3. The first-order valence-corrected chi connectivity index (χ1v) is 11.7. The maximum Gasteiger partial charge on any atom is 0.416 e. The Hall–Kier alpha value is -4.34. The summed E-state index contributed by atoms with van der Waals surface area (Å²) in [6.45, 7) is 4.01. The first kappa shape index (κ1) is 26.7. The first-order chi connectivity index (χ1) is 18.1. The number of ketones is 1. The molecule has 6 nitrogen and oxygen atoms in total. The summed E-state index contributed by atoms with van der Waals surface area (Å²) in [5.74, 6) is -3.35. The van der Waals surface area contributed by atoms with Crippen molar-refractivity contribution in [3.8, 4) is 11.5 Å². The number of halogens is 4. The zero-order chi connectivity index (χ0) is 27.6. The molecule has 0 spiro atoms. The maximum atomic E-state index is 15.1. The van der Waals surface area contributed by atoms with Gasteiger partial charge in [0.15, 0.2) is 0 Å². The summed E-state index contributed by atoms with van der Waals surface area (Å²) in [6, 6.07) is 11.9. The van der Waals surface area contributed by atoms with E-state index < -0.39 is 46.6 Å². The van der Waals surface area contributed by atoms with Crippen LogP contribution >= 0.6 is 0 Å². The number of benzene rings is 3. The van der Waals surface area contributed by atoms with Crippen molar-refractivity contribution in [2.75, 3.05) is 18.1 Å². The number of rotatable bonds is 7. The SMILES string of the molecule is CCOc1ccc(/C(O)=C2\C(=O)C(=O)N(c3cccc(C(F)(F)F)c3)C2c2ccccc2F)c(OCC)c1. The molecule has 1 fully saturated rings. The van der Waals surface area contributed by atoms with Gasteiger partial charge < -0.3 is 14.6 Å². The van der Waals surface area contributed by atoms with Gasteiger partial charge in [0, 0.05) is 17.3 Å². The topological polar surface area (TPSA) is 76.1 Å². The molecule has 0 bridgehead atoms. The number of alkyl halides is 3. The Bertz CT molecular complexity index is 1420. The van der Waals surface area contributed by atoms with E-state index in [-0.39, 0.29) is 29.2 Å². The van der Waals surface area contributed by atoms with E-state index in [9.17, 15) is 27.9 Å². The Labute approximate surface area is 215 Å². The number of ether oxygens (including phenoxy) is 2. The highest BCUT2D eigenvalue weighted by Crippen LogP contribution is 2.45. The highest BCUT2D eigenvalue weighted by atomic mass is 19.4. The quantitative estimate of drug-likeness (QED) is 0.169. The van der Waals surface area contributed by atoms with Crippen molar-refractivity contribution in [3.63, 3.8) is 0 Å². The molecule has 1 aliphatic rings. The molecule has 1 amide bonds. The Morgan fingerprint density at radius 3 is 2.32 bits per heavy atom. The van der Waals surface area contributed by atoms with E-state index in [2.05, 4.69) is 0 Å². The second kappa shape index (κ2) is 10.6. The second-order valence-corrected chi connectivity index (χ2v) is 8.26. The van der Waals surface area contributed by atoms with Crippen molar-refractivity contribution in [2.24, 2.45) is 0 Å². The molecule has 1 saturated heterocycles. The molecule has 1 atom stereocenters. The zero-order valence-electron chi connectivity index (χ0n) is 20.4. The molecule has 1 N–H and O–H groups in total. The third kappa shape index (κ3) is 4.93. The van der Waals surface area contributed by atoms with E-state index >= 15 is 4.39 Å². The van der Waals surface area contributed by atoms with E-state index in [0.29, 0.717) is 18.4 Å². The van der Waals surface area contributed by atoms with Gasteiger partial charge in [-0.05, 0) is 50.2 Å². The van der Waals surface area contributed by atoms with Crippen LogP contribution in [0.3, 0.4) is 0 Å². The van der Waals surface area contributed by atoms with Gasteiger partial charge in [-0.1, -0.05) is 24.3 Å². The number of carbonyl (C=O) groups is 2. The zero-order valence-corrected chi connectivity index (χ0v) is 20.4. The summed E-state index contributed by atoms with van der Waals surface area (Å²) in [5, 5.41) is 11.4. The van der Waals surface area contributed by atoms with Crippen molar-refractivity contribution < 1.29 is 41.7 Å². The summed E-state index contributed by atoms with van der Waals surface area (Å²) in [7, 11) is 0. The van der Waals surface area contributed by atoms with Gasteiger partial charge in [-0.3, -0.25) is 14.5 Å². The molecule has 0 saturated carbocycles. The number of amides is 1. The van der Waals surface area contributed by atoms with Crippen molar-refractivity contribution in [3.05, 3.63) is 94.8 Å². The van der Waals surface area contributed by atoms with Crippen LogP contribution in [-0.4, -0.2) is 30.0 Å². The van der Waals surface area contributed by atoms with Crippen LogP contribution in [-0.2, 0) is 15.8 Å². The number of hydrogen-bond acceptors (Lipinski definition) is 5. The molecule has 1 heterocycles. The fourth-order valence-electron chi connectivity index (χ4n) is 4.30. The van der Waals surface area contributed by atoms with E-state index in [1.165, 1.54) is 42.5 Å². The van der Waals surface area contributed by atoms with Crippen LogP contribution in [0.15, 0.2) is 72.3 Å². The van der Waals surface area contributed by atoms with Gasteiger partial charge in [-0.15, -0.1) is 0 Å². The normalized spacial score (nSPS) is 17.1. The number of Topliss-reactive ketones (excluding diaryl/α,β-unsaturated/α-hetero) is 1. The molecule has 38 heavy (non-hydrogen) atoms. The van der Waals surface area contributed by atoms with E-state index in [1.54, 1.807) is 13.8 Å². The number of nitrogens with zero attached hydrogens (tertiary/aromatic N) is 1. The maximum absolute atomic E-state index is 15.1. The number of hydrogen-bond donors (Lipinski definition) is 1. The van der Waals surface area contributed by atoms with Crippen molar-refractivity contribution >= 4 is 23.1 Å². The van der Waals surface area contributed by atoms with Crippen LogP contribution in [0.4, 0.5) is 23.2 Å². The Balaban J connectivity index is 1.97. The molecule has 4 rings (SSSR count). The second-order valence-electron chi connectivity index (χ2n) is 8.26. The number of anilines is 1. The van der Waals surface area contributed by atoms with Crippen LogP contribution in [0.2, 0.25) is 0 Å². The summed E-state index contributed by atoms with van der Waals surface area (Å²) in [5.41, 5.74) is -2.00. The smallest absolute Gasteiger partial charge is 0.416 e. The Kier molecular flexibility index (Phi) is 7.43. The Morgan fingerprint density at radius 2 is 1.66 bits per heavy atom. The van der Waals surface area contributed by atoms with Gasteiger partial charge in [0.2, 0.25) is 0 Å². The molecule has 0 aliphatic carbocycles. The lowest BCUT2D eigenvalue weighted by atomic mass is 9.94. The van der Waals surface area contributed by atoms with Crippen LogP contribution < -0.4 is 14.4 Å². The molecule has 3 aromatic carbocycles. The molecule has 198 valence electrons. The third-order valence-corrected chi connectivity index (χ3v) is 5.91. The average Bonchev–Trinajstić information content (AvgIpc) is 3.14. The van der Waals surface area contributed by atoms with E-state index in [4.69, 9.17) is 9.47 Å². The van der Waals surface area contributed by atoms with Crippen LogP contribution in [0.5, 0.6) is 11.5 Å². The van der Waals surface area contributed by atoms with E-state index in [1.807, 2.05) is 0 Å². The molecule has 10 heteroatoms. The highest BCUT2D eigenvalue weighted by molar-refractivity contribution is 6.51. The fourth-order valence-corrected chi connectivity index (χ4v) is 4.30. The fraction of sp³-hybridized carbons (Fsp3) is 0.214. The average molecular weight is 529 g/mol. The van der Waals surface area contributed by atoms with Gasteiger partial charge >= 0.3 is 6.18 Å². The molecule has 1 unspecified atom stereocenters. The van der Waals surface area contributed by atoms with Crippen molar-refractivity contribution in [2.45, 2.75) is 26.1 Å². The lowest BCUT2D eigenvalue weighted by molar-refractivity contribution is -0.137. The first-order valence-electron chi connectivity index (χ1n) is 11.7. The Morgan fingerprint density at radius 1 is 0.947 bits per heavy atom. The highest BCUT2D eigenvalue weighted by Gasteiger charge is 2.48. The minimum Gasteiger partial charge on any atom is -0.507 e. The van der Waals surface area contributed by atoms with Crippen LogP contribution in [0, 0.1) is 5.82 Å². The molecule has 0 aromatic heterocycles. The van der Waals surface area contributed by atoms with Gasteiger partial charge in [-0.2, -0.15) is 13.2 Å². The lowest BCUT2D eigenvalue weighted by Crippen LogP contribution is -2.30. The molecule has 1 aliphatic heterocycles. The van der Waals surface area contributed by atoms with E-state index in [0.717, 1.165) is 23.1 Å². The van der Waals surface area contributed by atoms with Gasteiger partial charge in [0.1, 0.15) is 23.1 Å². The minimum absolute atomic E-state index is 0.0266. The van der Waals surface area contributed by atoms with Gasteiger partial charge in [0.05, 0.1) is 36.0 Å². The predicted octanol–water partition coefficient (Wildman–Crippen LogP) is 6.27. The summed E-state index contributed by atoms with van der Waals surface area (Å²) < 4.78 is 66.5. The summed E-state index contributed by atoms with van der Waals surface area (Å²) >= 11 is 0. The van der Waals surface area contributed by atoms with Crippen molar-refractivity contribution in [1.82, 2.24) is 0 Å². The predicted molar refractivity (Wildman–Crippen MR) is 131 cm³/mol. The van der Waals surface area contributed by atoms with Crippen LogP contribution in [0.1, 0.15) is 36.6 Å². The van der Waals surface area contributed by atoms with Gasteiger partial charge in [0.25, 0.3) is 11.7 Å². The largest absolute Gasteiger partial charge is 0.507 e. The minimum atomic E-state index is -4.73. The monoisotopic (exact) mass is 529 g/mol. The molecular weight excluding hydrogens is 506 g/mol.